The fourth-order valence-electron chi connectivity index (χ4n) is 2.86. The molecule has 0 saturated carbocycles. The molecule has 1 heterocycles. The lowest BCUT2D eigenvalue weighted by molar-refractivity contribution is -0.126. The Bertz CT molecular complexity index is 779. The quantitative estimate of drug-likeness (QED) is 0.856. The van der Waals surface area contributed by atoms with E-state index in [1.807, 2.05) is 24.3 Å². The number of hydrogen-bond donors (Lipinski definition) is 1. The van der Waals surface area contributed by atoms with Crippen LogP contribution in [0.4, 0.5) is 0 Å². The highest BCUT2D eigenvalue weighted by Crippen LogP contribution is 2.30. The first kappa shape index (κ1) is 17.9. The number of fused-ring (bicyclic) bond motifs is 1. The van der Waals surface area contributed by atoms with Crippen LogP contribution in [0.3, 0.4) is 0 Å². The number of carbonyl (C=O) groups excluding carboxylic acids is 1. The third kappa shape index (κ3) is 4.39. The minimum Gasteiger partial charge on any atom is -0.497 e. The van der Waals surface area contributed by atoms with Gasteiger partial charge in [-0.1, -0.05) is 29.3 Å². The summed E-state index contributed by atoms with van der Waals surface area (Å²) < 4.78 is 10.9. The van der Waals surface area contributed by atoms with Gasteiger partial charge in [0.25, 0.3) is 0 Å². The highest BCUT2D eigenvalue weighted by Gasteiger charge is 2.26. The third-order valence-corrected chi connectivity index (χ3v) is 4.84. The highest BCUT2D eigenvalue weighted by atomic mass is 35.5. The summed E-state index contributed by atoms with van der Waals surface area (Å²) >= 11 is 12.0. The third-order valence-electron chi connectivity index (χ3n) is 4.25. The normalized spacial score (nSPS) is 15.9. The first-order chi connectivity index (χ1) is 12.1. The molecular formula is C19H19Cl2NO3. The molecule has 1 aliphatic heterocycles. The summed E-state index contributed by atoms with van der Waals surface area (Å²) in [6.45, 7) is 0.897. The van der Waals surface area contributed by atoms with Gasteiger partial charge in [0.1, 0.15) is 18.1 Å². The monoisotopic (exact) mass is 379 g/mol. The van der Waals surface area contributed by atoms with Gasteiger partial charge in [-0.15, -0.1) is 0 Å². The molecule has 1 atom stereocenters. The molecule has 1 N–H and O–H groups in total. The van der Waals surface area contributed by atoms with Crippen LogP contribution in [-0.4, -0.2) is 26.2 Å². The Morgan fingerprint density at radius 2 is 2.12 bits per heavy atom. The van der Waals surface area contributed by atoms with Crippen LogP contribution >= 0.6 is 23.2 Å². The zero-order valence-electron chi connectivity index (χ0n) is 13.9. The van der Waals surface area contributed by atoms with Crippen molar-refractivity contribution in [2.24, 2.45) is 5.92 Å². The lowest BCUT2D eigenvalue weighted by Crippen LogP contribution is -2.38. The SMILES string of the molecule is COc1ccc2c(c1)CC(C(=O)NCCc1ccc(Cl)cc1Cl)CO2. The van der Waals surface area contributed by atoms with Crippen molar-refractivity contribution in [1.82, 2.24) is 5.32 Å². The molecule has 1 unspecified atom stereocenters. The summed E-state index contributed by atoms with van der Waals surface area (Å²) in [5.41, 5.74) is 1.95. The van der Waals surface area contributed by atoms with Crippen LogP contribution in [0.15, 0.2) is 36.4 Å². The summed E-state index contributed by atoms with van der Waals surface area (Å²) in [7, 11) is 1.62. The number of methoxy groups -OCH3 is 1. The lowest BCUT2D eigenvalue weighted by Gasteiger charge is -2.25. The first-order valence-corrected chi connectivity index (χ1v) is 8.84. The number of amides is 1. The molecule has 1 amide bonds. The second-order valence-corrected chi connectivity index (χ2v) is 6.81. The van der Waals surface area contributed by atoms with Crippen LogP contribution in [-0.2, 0) is 17.6 Å². The van der Waals surface area contributed by atoms with Gasteiger partial charge in [-0.25, -0.2) is 0 Å². The molecule has 25 heavy (non-hydrogen) atoms. The second-order valence-electron chi connectivity index (χ2n) is 5.96. The zero-order chi connectivity index (χ0) is 17.8. The van der Waals surface area contributed by atoms with E-state index < -0.39 is 0 Å². The van der Waals surface area contributed by atoms with Gasteiger partial charge in [0.15, 0.2) is 0 Å². The van der Waals surface area contributed by atoms with Gasteiger partial charge in [-0.05, 0) is 54.3 Å². The van der Waals surface area contributed by atoms with E-state index in [9.17, 15) is 4.79 Å². The van der Waals surface area contributed by atoms with Gasteiger partial charge >= 0.3 is 0 Å². The number of halogens is 2. The average Bonchev–Trinajstić information content (AvgIpc) is 2.62. The summed E-state index contributed by atoms with van der Waals surface area (Å²) in [5.74, 6) is 1.36. The Labute approximate surface area is 157 Å². The number of nitrogens with one attached hydrogen (secondary N) is 1. The van der Waals surface area contributed by atoms with Crippen LogP contribution in [0, 0.1) is 5.92 Å². The Morgan fingerprint density at radius 3 is 2.88 bits per heavy atom. The molecule has 4 nitrogen and oxygen atoms in total. The highest BCUT2D eigenvalue weighted by molar-refractivity contribution is 6.35. The predicted octanol–water partition coefficient (Wildman–Crippen LogP) is 3.91. The van der Waals surface area contributed by atoms with Crippen molar-refractivity contribution in [2.75, 3.05) is 20.3 Å². The zero-order valence-corrected chi connectivity index (χ0v) is 15.4. The van der Waals surface area contributed by atoms with E-state index in [-0.39, 0.29) is 11.8 Å². The Morgan fingerprint density at radius 1 is 1.28 bits per heavy atom. The van der Waals surface area contributed by atoms with Crippen molar-refractivity contribution >= 4 is 29.1 Å². The summed E-state index contributed by atoms with van der Waals surface area (Å²) in [6, 6.07) is 11.0. The van der Waals surface area contributed by atoms with Crippen molar-refractivity contribution in [3.8, 4) is 11.5 Å². The predicted molar refractivity (Wildman–Crippen MR) is 98.9 cm³/mol. The number of hydrogen-bond acceptors (Lipinski definition) is 3. The largest absolute Gasteiger partial charge is 0.497 e. The summed E-state index contributed by atoms with van der Waals surface area (Å²) in [4.78, 5) is 12.4. The van der Waals surface area contributed by atoms with Gasteiger partial charge in [0, 0.05) is 16.6 Å². The molecule has 132 valence electrons. The molecule has 2 aromatic carbocycles. The Hall–Kier alpha value is -1.91. The lowest BCUT2D eigenvalue weighted by atomic mass is 9.95. The maximum atomic E-state index is 12.4. The minimum atomic E-state index is -0.208. The van der Waals surface area contributed by atoms with Gasteiger partial charge in [0.2, 0.25) is 5.91 Å². The molecule has 0 bridgehead atoms. The van der Waals surface area contributed by atoms with Crippen LogP contribution in [0.5, 0.6) is 11.5 Å². The van der Waals surface area contributed by atoms with Crippen molar-refractivity contribution in [1.29, 1.82) is 0 Å². The molecule has 2 aromatic rings. The molecule has 0 saturated heterocycles. The minimum absolute atomic E-state index is 0.0152. The average molecular weight is 380 g/mol. The van der Waals surface area contributed by atoms with Crippen molar-refractivity contribution in [3.05, 3.63) is 57.6 Å². The summed E-state index contributed by atoms with van der Waals surface area (Å²) in [6.07, 6.45) is 1.29. The number of carbonyl (C=O) groups is 1. The van der Waals surface area contributed by atoms with Gasteiger partial charge in [-0.3, -0.25) is 4.79 Å². The first-order valence-electron chi connectivity index (χ1n) is 8.08. The smallest absolute Gasteiger partial charge is 0.226 e. The van der Waals surface area contributed by atoms with E-state index in [2.05, 4.69) is 5.32 Å². The van der Waals surface area contributed by atoms with Crippen molar-refractivity contribution in [3.63, 3.8) is 0 Å². The molecule has 0 radical (unpaired) electrons. The fourth-order valence-corrected chi connectivity index (χ4v) is 3.36. The van der Waals surface area contributed by atoms with Crippen molar-refractivity contribution < 1.29 is 14.3 Å². The van der Waals surface area contributed by atoms with E-state index in [1.165, 1.54) is 0 Å². The van der Waals surface area contributed by atoms with Crippen LogP contribution < -0.4 is 14.8 Å². The molecule has 0 aliphatic carbocycles. The Balaban J connectivity index is 1.55. The number of rotatable bonds is 5. The molecular weight excluding hydrogens is 361 g/mol. The topological polar surface area (TPSA) is 47.6 Å². The van der Waals surface area contributed by atoms with Crippen LogP contribution in [0.1, 0.15) is 11.1 Å². The fraction of sp³-hybridized carbons (Fsp3) is 0.316. The van der Waals surface area contributed by atoms with E-state index in [0.717, 1.165) is 22.6 Å². The standard InChI is InChI=1S/C19H19Cl2NO3/c1-24-16-4-5-18-13(9-16)8-14(11-25-18)19(23)22-7-6-12-2-3-15(20)10-17(12)21/h2-5,9-10,14H,6-8,11H2,1H3,(H,22,23). The van der Waals surface area contributed by atoms with Gasteiger partial charge < -0.3 is 14.8 Å². The van der Waals surface area contributed by atoms with Gasteiger partial charge in [-0.2, -0.15) is 0 Å². The molecule has 6 heteroatoms. The number of benzene rings is 2. The molecule has 3 rings (SSSR count). The van der Waals surface area contributed by atoms with Crippen molar-refractivity contribution in [2.45, 2.75) is 12.8 Å². The van der Waals surface area contributed by atoms with Gasteiger partial charge in [0.05, 0.1) is 13.0 Å². The maximum absolute atomic E-state index is 12.4. The van der Waals surface area contributed by atoms with Crippen LogP contribution in [0.2, 0.25) is 10.0 Å². The van der Waals surface area contributed by atoms with E-state index in [4.69, 9.17) is 32.7 Å². The van der Waals surface area contributed by atoms with E-state index in [1.54, 1.807) is 19.2 Å². The maximum Gasteiger partial charge on any atom is 0.226 e. The second kappa shape index (κ2) is 7.98. The number of ether oxygens (including phenoxy) is 2. The molecule has 0 aromatic heterocycles. The Kier molecular flexibility index (Phi) is 5.71. The van der Waals surface area contributed by atoms with E-state index in [0.29, 0.717) is 36.0 Å². The van der Waals surface area contributed by atoms with Crippen LogP contribution in [0.25, 0.3) is 0 Å². The van der Waals surface area contributed by atoms with E-state index >= 15 is 0 Å². The molecule has 0 spiro atoms. The molecule has 0 fully saturated rings. The molecule has 1 aliphatic rings. The summed E-state index contributed by atoms with van der Waals surface area (Å²) in [5, 5.41) is 4.18.